The molecule has 1 saturated heterocycles. The molecule has 0 radical (unpaired) electrons. The monoisotopic (exact) mass is 743 g/mol. The van der Waals surface area contributed by atoms with Gasteiger partial charge in [0.05, 0.1) is 24.7 Å². The minimum Gasteiger partial charge on any atom is -0.481 e. The average molecular weight is 744 g/mol. The SMILES string of the molecule is COC(=O)c1ccc(CCCc2ccc(NC(=O)c3c(NC(=O)c4cccc(CN5CCC(N(C)C(=O)CCC(=O)O)C5)c4)[nH]c4ccccc34)cc2)cc1. The molecule has 55 heavy (non-hydrogen) atoms. The van der Waals surface area contributed by atoms with Crippen molar-refractivity contribution in [1.82, 2.24) is 14.8 Å². The van der Waals surface area contributed by atoms with Crippen molar-refractivity contribution in [3.8, 4) is 0 Å². The summed E-state index contributed by atoms with van der Waals surface area (Å²) < 4.78 is 4.77. The number of aromatic amines is 1. The number of aliphatic carboxylic acids is 1. The summed E-state index contributed by atoms with van der Waals surface area (Å²) in [5.41, 5.74) is 5.83. The maximum absolute atomic E-state index is 13.8. The fourth-order valence-electron chi connectivity index (χ4n) is 6.96. The number of hydrogen-bond acceptors (Lipinski definition) is 7. The smallest absolute Gasteiger partial charge is 0.337 e. The Balaban J connectivity index is 1.06. The number of H-pyrrole nitrogens is 1. The van der Waals surface area contributed by atoms with E-state index in [1.807, 2.05) is 78.9 Å². The fourth-order valence-corrected chi connectivity index (χ4v) is 6.96. The highest BCUT2D eigenvalue weighted by Crippen LogP contribution is 2.28. The number of fused-ring (bicyclic) bond motifs is 1. The molecule has 5 aromatic rings. The van der Waals surface area contributed by atoms with E-state index in [0.717, 1.165) is 48.9 Å². The van der Waals surface area contributed by atoms with E-state index in [1.165, 1.54) is 7.11 Å². The number of carboxylic acid groups (broad SMARTS) is 1. The second kappa shape index (κ2) is 17.7. The Morgan fingerprint density at radius 3 is 2.24 bits per heavy atom. The van der Waals surface area contributed by atoms with E-state index < -0.39 is 5.97 Å². The number of esters is 1. The predicted octanol–water partition coefficient (Wildman–Crippen LogP) is 6.53. The summed E-state index contributed by atoms with van der Waals surface area (Å²) in [5, 5.41) is 15.5. The van der Waals surface area contributed by atoms with Crippen LogP contribution in [0.25, 0.3) is 10.9 Å². The number of anilines is 2. The number of benzene rings is 4. The first kappa shape index (κ1) is 38.5. The Labute approximate surface area is 319 Å². The number of para-hydroxylation sites is 1. The summed E-state index contributed by atoms with van der Waals surface area (Å²) in [6.45, 7) is 2.00. The van der Waals surface area contributed by atoms with Gasteiger partial charge in [-0.05, 0) is 84.8 Å². The van der Waals surface area contributed by atoms with Gasteiger partial charge in [-0.3, -0.25) is 24.1 Å². The summed E-state index contributed by atoms with van der Waals surface area (Å²) in [5.74, 6) is -1.95. The number of aromatic nitrogens is 1. The quantitative estimate of drug-likeness (QED) is 0.0881. The van der Waals surface area contributed by atoms with Crippen LogP contribution in [0.2, 0.25) is 0 Å². The summed E-state index contributed by atoms with van der Waals surface area (Å²) in [4.78, 5) is 69.5. The van der Waals surface area contributed by atoms with Gasteiger partial charge in [-0.25, -0.2) is 4.79 Å². The number of aryl methyl sites for hydroxylation is 2. The van der Waals surface area contributed by atoms with E-state index in [1.54, 1.807) is 30.1 Å². The number of hydrogen-bond donors (Lipinski definition) is 4. The lowest BCUT2D eigenvalue weighted by Crippen LogP contribution is -2.39. The van der Waals surface area contributed by atoms with E-state index in [9.17, 15) is 24.0 Å². The van der Waals surface area contributed by atoms with Gasteiger partial charge in [0, 0.05) is 61.3 Å². The minimum absolute atomic E-state index is 0.00577. The normalized spacial score (nSPS) is 14.0. The van der Waals surface area contributed by atoms with Gasteiger partial charge < -0.3 is 30.4 Å². The molecule has 12 nitrogen and oxygen atoms in total. The molecule has 1 aliphatic heterocycles. The van der Waals surface area contributed by atoms with E-state index >= 15 is 0 Å². The molecule has 4 N–H and O–H groups in total. The zero-order valence-corrected chi connectivity index (χ0v) is 31.0. The third-order valence-corrected chi connectivity index (χ3v) is 10.0. The topological polar surface area (TPSA) is 161 Å². The number of carboxylic acids is 1. The maximum atomic E-state index is 13.8. The molecule has 1 fully saturated rings. The molecule has 6 rings (SSSR count). The van der Waals surface area contributed by atoms with Gasteiger partial charge in [-0.1, -0.05) is 54.6 Å². The molecule has 4 aromatic carbocycles. The maximum Gasteiger partial charge on any atom is 0.337 e. The molecule has 3 amide bonds. The second-order valence-electron chi connectivity index (χ2n) is 13.8. The fraction of sp³-hybridized carbons (Fsp3) is 0.279. The number of likely N-dealkylation sites (N-methyl/N-ethyl adjacent to an activating group) is 1. The minimum atomic E-state index is -0.990. The van der Waals surface area contributed by atoms with Gasteiger partial charge in [0.1, 0.15) is 5.82 Å². The van der Waals surface area contributed by atoms with Gasteiger partial charge >= 0.3 is 11.9 Å². The van der Waals surface area contributed by atoms with E-state index in [0.29, 0.717) is 52.2 Å². The van der Waals surface area contributed by atoms with Gasteiger partial charge in [0.25, 0.3) is 11.8 Å². The van der Waals surface area contributed by atoms with Crippen LogP contribution in [0, 0.1) is 0 Å². The predicted molar refractivity (Wildman–Crippen MR) is 210 cm³/mol. The molecule has 1 unspecified atom stereocenters. The van der Waals surface area contributed by atoms with E-state index in [2.05, 4.69) is 20.5 Å². The molecule has 2 heterocycles. The van der Waals surface area contributed by atoms with Crippen molar-refractivity contribution < 1.29 is 33.8 Å². The van der Waals surface area contributed by atoms with E-state index in [-0.39, 0.29) is 42.6 Å². The average Bonchev–Trinajstić information content (AvgIpc) is 3.81. The Bertz CT molecular complexity index is 2180. The van der Waals surface area contributed by atoms with Crippen LogP contribution < -0.4 is 10.6 Å². The van der Waals surface area contributed by atoms with Crippen molar-refractivity contribution in [1.29, 1.82) is 0 Å². The number of ether oxygens (including phenoxy) is 1. The van der Waals surface area contributed by atoms with Gasteiger partial charge in [0.15, 0.2) is 0 Å². The van der Waals surface area contributed by atoms with Crippen molar-refractivity contribution >= 4 is 52.1 Å². The molecular weight excluding hydrogens is 699 g/mol. The van der Waals surface area contributed by atoms with Crippen LogP contribution in [0.4, 0.5) is 11.5 Å². The van der Waals surface area contributed by atoms with Crippen LogP contribution in [0.5, 0.6) is 0 Å². The second-order valence-corrected chi connectivity index (χ2v) is 13.8. The summed E-state index contributed by atoms with van der Waals surface area (Å²) in [6, 6.07) is 29.9. The zero-order chi connectivity index (χ0) is 38.9. The van der Waals surface area contributed by atoms with Crippen molar-refractivity contribution in [3.05, 3.63) is 130 Å². The van der Waals surface area contributed by atoms with Crippen LogP contribution in [0.15, 0.2) is 97.1 Å². The summed E-state index contributed by atoms with van der Waals surface area (Å²) in [6.07, 6.45) is 3.20. The number of carbonyl (C=O) groups excluding carboxylic acids is 4. The largest absolute Gasteiger partial charge is 0.481 e. The number of methoxy groups -OCH3 is 1. The molecule has 284 valence electrons. The van der Waals surface area contributed by atoms with Crippen molar-refractivity contribution in [3.63, 3.8) is 0 Å². The van der Waals surface area contributed by atoms with Crippen molar-refractivity contribution in [2.24, 2.45) is 0 Å². The third-order valence-electron chi connectivity index (χ3n) is 10.0. The van der Waals surface area contributed by atoms with E-state index in [4.69, 9.17) is 9.84 Å². The van der Waals surface area contributed by atoms with Crippen LogP contribution in [-0.4, -0.2) is 82.8 Å². The number of likely N-dealkylation sites (tertiary alicyclic amines) is 1. The van der Waals surface area contributed by atoms with Gasteiger partial charge in [-0.2, -0.15) is 0 Å². The Morgan fingerprint density at radius 2 is 1.53 bits per heavy atom. The Morgan fingerprint density at radius 1 is 0.818 bits per heavy atom. The molecule has 0 saturated carbocycles. The first-order chi connectivity index (χ1) is 26.6. The molecular formula is C43H45N5O7. The Hall–Kier alpha value is -6.27. The lowest BCUT2D eigenvalue weighted by molar-refractivity contribution is -0.141. The highest BCUT2D eigenvalue weighted by Gasteiger charge is 2.29. The molecule has 1 aliphatic rings. The van der Waals surface area contributed by atoms with Gasteiger partial charge in [0.2, 0.25) is 5.91 Å². The Kier molecular flexibility index (Phi) is 12.4. The van der Waals surface area contributed by atoms with Crippen LogP contribution in [-0.2, 0) is 33.7 Å². The number of nitrogens with one attached hydrogen (secondary N) is 3. The summed E-state index contributed by atoms with van der Waals surface area (Å²) >= 11 is 0. The zero-order valence-electron chi connectivity index (χ0n) is 31.0. The molecule has 0 aliphatic carbocycles. The summed E-state index contributed by atoms with van der Waals surface area (Å²) in [7, 11) is 3.09. The highest BCUT2D eigenvalue weighted by atomic mass is 16.5. The number of nitrogens with zero attached hydrogens (tertiary/aromatic N) is 2. The number of rotatable bonds is 15. The van der Waals surface area contributed by atoms with Gasteiger partial charge in [-0.15, -0.1) is 0 Å². The van der Waals surface area contributed by atoms with Crippen LogP contribution in [0.3, 0.4) is 0 Å². The lowest BCUT2D eigenvalue weighted by atomic mass is 10.0. The van der Waals surface area contributed by atoms with Crippen LogP contribution >= 0.6 is 0 Å². The van der Waals surface area contributed by atoms with Crippen molar-refractivity contribution in [2.75, 3.05) is 37.9 Å². The molecule has 1 aromatic heterocycles. The molecule has 12 heteroatoms. The van der Waals surface area contributed by atoms with Crippen molar-refractivity contribution in [2.45, 2.75) is 51.1 Å². The first-order valence-electron chi connectivity index (χ1n) is 18.4. The highest BCUT2D eigenvalue weighted by molar-refractivity contribution is 6.19. The first-order valence-corrected chi connectivity index (χ1v) is 18.4. The standard InChI is InChI=1S/C43H45N5O7/c1-47(37(49)21-22-38(50)51)34-23-24-48(27-34)26-30-9-6-10-32(25-30)41(52)46-40-39(35-11-3-4-12-36(35)45-40)42(53)44-33-19-15-29(16-20-33)8-5-7-28-13-17-31(18-14-28)43(54)55-2/h3-4,6,9-20,25,34,45H,5,7-8,21-24,26-27H2,1-2H3,(H,44,53)(H,46,52)(H,50,51). The number of amides is 3. The molecule has 1 atom stereocenters. The number of carbonyl (C=O) groups is 5. The lowest BCUT2D eigenvalue weighted by Gasteiger charge is -2.25. The molecule has 0 spiro atoms. The third kappa shape index (κ3) is 9.84. The van der Waals surface area contributed by atoms with Crippen LogP contribution in [0.1, 0.15) is 73.4 Å². The molecule has 0 bridgehead atoms.